The van der Waals surface area contributed by atoms with Crippen LogP contribution in [-0.4, -0.2) is 4.92 Å². The Hall–Kier alpha value is -1.43. The van der Waals surface area contributed by atoms with Crippen LogP contribution in [0.4, 0.5) is 11.4 Å². The number of nitro groups is 1. The Morgan fingerprint density at radius 1 is 1.58 bits per heavy atom. The van der Waals surface area contributed by atoms with Crippen LogP contribution in [0.2, 0.25) is 0 Å². The molecule has 5 nitrogen and oxygen atoms in total. The molecule has 1 aliphatic rings. The lowest BCUT2D eigenvalue weighted by Gasteiger charge is -1.95. The fraction of sp³-hybridized carbons (Fsp3) is 0. The van der Waals surface area contributed by atoms with E-state index in [0.717, 1.165) is 12.2 Å². The molecule has 0 radical (unpaired) electrons. The van der Waals surface area contributed by atoms with Gasteiger partial charge in [-0.25, -0.2) is 0 Å². The van der Waals surface area contributed by atoms with E-state index in [-0.39, 0.29) is 5.69 Å². The van der Waals surface area contributed by atoms with Gasteiger partial charge in [-0.2, -0.15) is 0 Å². The molecule has 2 rings (SSSR count). The number of benzene rings is 1. The number of nitrogens with one attached hydrogen (secondary N) is 1. The summed E-state index contributed by atoms with van der Waals surface area (Å²) in [5.41, 5.74) is 0.477. The number of nitro benzene ring substituents is 1. The van der Waals surface area contributed by atoms with Gasteiger partial charge in [0.25, 0.3) is 5.69 Å². The predicted octanol–water partition coefficient (Wildman–Crippen LogP) is 1.96. The van der Waals surface area contributed by atoms with E-state index in [2.05, 4.69) is 4.72 Å². The Morgan fingerprint density at radius 3 is 3.17 bits per heavy atom. The maximum absolute atomic E-state index is 10.5. The molecule has 0 amide bonds. The van der Waals surface area contributed by atoms with Crippen LogP contribution in [0.3, 0.4) is 0 Å². The Labute approximate surface area is 72.2 Å². The van der Waals surface area contributed by atoms with E-state index in [1.165, 1.54) is 6.07 Å². The second kappa shape index (κ2) is 2.56. The van der Waals surface area contributed by atoms with Crippen LogP contribution in [0.5, 0.6) is 5.75 Å². The molecule has 0 unspecified atom stereocenters. The Kier molecular flexibility index (Phi) is 1.54. The van der Waals surface area contributed by atoms with Crippen molar-refractivity contribution >= 4 is 23.6 Å². The summed E-state index contributed by atoms with van der Waals surface area (Å²) in [5.74, 6) is 0.509. The molecule has 1 aliphatic heterocycles. The molecule has 1 aromatic rings. The van der Waals surface area contributed by atoms with Crippen LogP contribution in [0.25, 0.3) is 0 Å². The van der Waals surface area contributed by atoms with Crippen LogP contribution < -0.4 is 8.91 Å². The predicted molar refractivity (Wildman–Crippen MR) is 44.9 cm³/mol. The first-order chi connectivity index (χ1) is 5.79. The van der Waals surface area contributed by atoms with Crippen molar-refractivity contribution in [3.05, 3.63) is 28.3 Å². The molecular formula is C6H4N2O3S. The molecule has 6 heteroatoms. The molecule has 0 aliphatic carbocycles. The molecular weight excluding hydrogens is 180 g/mol. The van der Waals surface area contributed by atoms with Gasteiger partial charge in [-0.15, -0.1) is 0 Å². The molecule has 0 aromatic heterocycles. The first-order valence-corrected chi connectivity index (χ1v) is 3.90. The third kappa shape index (κ3) is 0.964. The average molecular weight is 184 g/mol. The van der Waals surface area contributed by atoms with Crippen LogP contribution in [-0.2, 0) is 0 Å². The third-order valence-corrected chi connectivity index (χ3v) is 2.03. The quantitative estimate of drug-likeness (QED) is 0.313. The minimum absolute atomic E-state index is 0.0394. The van der Waals surface area contributed by atoms with Crippen molar-refractivity contribution in [2.45, 2.75) is 0 Å². The van der Waals surface area contributed by atoms with Gasteiger partial charge in [0.15, 0.2) is 23.7 Å². The topological polar surface area (TPSA) is 64.4 Å². The smallest absolute Gasteiger partial charge is 0.297 e. The molecule has 1 N–H and O–H groups in total. The maximum atomic E-state index is 10.5. The largest absolute Gasteiger partial charge is 0.403 e. The summed E-state index contributed by atoms with van der Waals surface area (Å²) < 4.78 is 7.69. The van der Waals surface area contributed by atoms with E-state index in [4.69, 9.17) is 4.18 Å². The lowest BCUT2D eigenvalue weighted by Crippen LogP contribution is -1.90. The second-order valence-electron chi connectivity index (χ2n) is 2.18. The van der Waals surface area contributed by atoms with Crippen LogP contribution in [0.1, 0.15) is 0 Å². The molecule has 12 heavy (non-hydrogen) atoms. The molecule has 62 valence electrons. The number of hydrogen-bond acceptors (Lipinski definition) is 5. The molecule has 1 heterocycles. The average Bonchev–Trinajstić information content (AvgIpc) is 2.49. The maximum Gasteiger partial charge on any atom is 0.297 e. The SMILES string of the molecule is O=[N+]([O-])c1cccc2c1NSO2. The van der Waals surface area contributed by atoms with Gasteiger partial charge in [0, 0.05) is 6.07 Å². The number of rotatable bonds is 1. The normalized spacial score (nSPS) is 13.0. The molecule has 0 fully saturated rings. The van der Waals surface area contributed by atoms with Crippen molar-refractivity contribution in [1.82, 2.24) is 0 Å². The Bertz CT molecular complexity index is 342. The number of hydrogen-bond donors (Lipinski definition) is 1. The summed E-state index contributed by atoms with van der Waals surface area (Å²) in [6.45, 7) is 0. The zero-order valence-corrected chi connectivity index (χ0v) is 6.63. The highest BCUT2D eigenvalue weighted by Gasteiger charge is 2.23. The summed E-state index contributed by atoms with van der Waals surface area (Å²) in [7, 11) is 0. The van der Waals surface area contributed by atoms with E-state index < -0.39 is 4.92 Å². The monoisotopic (exact) mass is 184 g/mol. The Balaban J connectivity index is 2.56. The highest BCUT2D eigenvalue weighted by atomic mass is 32.2. The molecule has 0 atom stereocenters. The van der Waals surface area contributed by atoms with Crippen molar-refractivity contribution in [3.63, 3.8) is 0 Å². The zero-order chi connectivity index (χ0) is 8.55. The van der Waals surface area contributed by atoms with Crippen LogP contribution >= 0.6 is 12.2 Å². The van der Waals surface area contributed by atoms with E-state index in [1.54, 1.807) is 12.1 Å². The van der Waals surface area contributed by atoms with Gasteiger partial charge < -0.3 is 4.18 Å². The third-order valence-electron chi connectivity index (χ3n) is 1.48. The molecule has 0 saturated heterocycles. The number of nitrogens with zero attached hydrogens (tertiary/aromatic N) is 1. The van der Waals surface area contributed by atoms with E-state index in [1.807, 2.05) is 0 Å². The van der Waals surface area contributed by atoms with Gasteiger partial charge in [0.1, 0.15) is 0 Å². The van der Waals surface area contributed by atoms with Crippen molar-refractivity contribution < 1.29 is 9.11 Å². The fourth-order valence-electron chi connectivity index (χ4n) is 0.951. The molecule has 1 aromatic carbocycles. The zero-order valence-electron chi connectivity index (χ0n) is 5.81. The molecule has 0 saturated carbocycles. The number of para-hydroxylation sites is 1. The lowest BCUT2D eigenvalue weighted by molar-refractivity contribution is -0.383. The van der Waals surface area contributed by atoms with Gasteiger partial charge in [0.05, 0.1) is 4.92 Å². The van der Waals surface area contributed by atoms with Crippen molar-refractivity contribution in [1.29, 1.82) is 0 Å². The minimum Gasteiger partial charge on any atom is -0.403 e. The summed E-state index contributed by atoms with van der Waals surface area (Å²) >= 11 is 0.980. The summed E-state index contributed by atoms with van der Waals surface area (Å²) in [6.07, 6.45) is 0. The van der Waals surface area contributed by atoms with Gasteiger partial charge in [-0.05, 0) is 6.07 Å². The van der Waals surface area contributed by atoms with Gasteiger partial charge >= 0.3 is 0 Å². The van der Waals surface area contributed by atoms with Crippen LogP contribution in [0.15, 0.2) is 18.2 Å². The first-order valence-electron chi connectivity index (χ1n) is 3.16. The van der Waals surface area contributed by atoms with Crippen LogP contribution in [0, 0.1) is 10.1 Å². The van der Waals surface area contributed by atoms with Crippen molar-refractivity contribution in [2.24, 2.45) is 0 Å². The molecule has 0 spiro atoms. The molecule has 0 bridgehead atoms. The number of fused-ring (bicyclic) bond motifs is 1. The first kappa shape index (κ1) is 7.23. The van der Waals surface area contributed by atoms with Gasteiger partial charge in [-0.1, -0.05) is 6.07 Å². The summed E-state index contributed by atoms with van der Waals surface area (Å²) in [5, 5.41) is 10.5. The number of anilines is 1. The fourth-order valence-corrected chi connectivity index (χ4v) is 1.51. The highest BCUT2D eigenvalue weighted by molar-refractivity contribution is 7.96. The van der Waals surface area contributed by atoms with Gasteiger partial charge in [0.2, 0.25) is 0 Å². The van der Waals surface area contributed by atoms with E-state index in [9.17, 15) is 10.1 Å². The summed E-state index contributed by atoms with van der Waals surface area (Å²) in [4.78, 5) is 10.0. The second-order valence-corrected chi connectivity index (χ2v) is 2.71. The van der Waals surface area contributed by atoms with E-state index in [0.29, 0.717) is 11.4 Å². The lowest BCUT2D eigenvalue weighted by atomic mass is 10.2. The van der Waals surface area contributed by atoms with E-state index >= 15 is 0 Å². The van der Waals surface area contributed by atoms with Gasteiger partial charge in [-0.3, -0.25) is 14.8 Å². The highest BCUT2D eigenvalue weighted by Crippen LogP contribution is 2.41. The minimum atomic E-state index is -0.443. The van der Waals surface area contributed by atoms with Crippen molar-refractivity contribution in [2.75, 3.05) is 4.72 Å². The Morgan fingerprint density at radius 2 is 2.42 bits per heavy atom. The standard InChI is InChI=1S/C6H4N2O3S/c9-8(10)4-2-1-3-5-6(4)7-12-11-5/h1-3,7H. The van der Waals surface area contributed by atoms with Crippen molar-refractivity contribution in [3.8, 4) is 5.75 Å². The summed E-state index contributed by atoms with van der Waals surface area (Å²) in [6, 6.07) is 4.70.